The van der Waals surface area contributed by atoms with Crippen molar-refractivity contribution in [1.29, 1.82) is 0 Å². The first-order valence-electron chi connectivity index (χ1n) is 6.62. The number of rotatable bonds is 5. The summed E-state index contributed by atoms with van der Waals surface area (Å²) in [6.07, 6.45) is 1.81. The lowest BCUT2D eigenvalue weighted by Crippen LogP contribution is -2.42. The van der Waals surface area contributed by atoms with Gasteiger partial charge in [-0.15, -0.1) is 11.3 Å². The predicted octanol–water partition coefficient (Wildman–Crippen LogP) is 2.05. The zero-order valence-electron chi connectivity index (χ0n) is 11.4. The lowest BCUT2D eigenvalue weighted by atomic mass is 10.1. The lowest BCUT2D eigenvalue weighted by molar-refractivity contribution is -0.139. The average Bonchev–Trinajstić information content (AvgIpc) is 3.16. The van der Waals surface area contributed by atoms with E-state index >= 15 is 0 Å². The van der Waals surface area contributed by atoms with Crippen molar-refractivity contribution in [2.75, 3.05) is 0 Å². The van der Waals surface area contributed by atoms with E-state index in [9.17, 15) is 14.7 Å². The molecule has 0 saturated heterocycles. The van der Waals surface area contributed by atoms with E-state index in [1.165, 1.54) is 11.3 Å². The molecule has 1 amide bonds. The van der Waals surface area contributed by atoms with Gasteiger partial charge in [0.05, 0.1) is 17.4 Å². The smallest absolute Gasteiger partial charge is 0.326 e. The first-order valence-corrected chi connectivity index (χ1v) is 7.50. The Balaban J connectivity index is 1.76. The van der Waals surface area contributed by atoms with E-state index in [4.69, 9.17) is 0 Å². The largest absolute Gasteiger partial charge is 0.480 e. The number of benzene rings is 1. The summed E-state index contributed by atoms with van der Waals surface area (Å²) in [4.78, 5) is 31.5. The molecule has 7 heteroatoms. The van der Waals surface area contributed by atoms with Gasteiger partial charge < -0.3 is 15.4 Å². The molecule has 0 fully saturated rings. The van der Waals surface area contributed by atoms with Crippen molar-refractivity contribution >= 4 is 34.2 Å². The summed E-state index contributed by atoms with van der Waals surface area (Å²) < 4.78 is 0. The van der Waals surface area contributed by atoms with Crippen LogP contribution in [0.2, 0.25) is 0 Å². The maximum atomic E-state index is 12.2. The van der Waals surface area contributed by atoms with Gasteiger partial charge in [-0.3, -0.25) is 4.79 Å². The molecule has 0 aliphatic heterocycles. The molecule has 22 heavy (non-hydrogen) atoms. The van der Waals surface area contributed by atoms with E-state index in [1.807, 2.05) is 17.5 Å². The van der Waals surface area contributed by atoms with Gasteiger partial charge in [0.2, 0.25) is 0 Å². The van der Waals surface area contributed by atoms with Crippen LogP contribution in [0.1, 0.15) is 15.2 Å². The molecule has 112 valence electrons. The summed E-state index contributed by atoms with van der Waals surface area (Å²) in [5, 5.41) is 13.7. The van der Waals surface area contributed by atoms with Crippen LogP contribution in [0, 0.1) is 0 Å². The number of hydrogen-bond donors (Lipinski definition) is 3. The van der Waals surface area contributed by atoms with E-state index in [-0.39, 0.29) is 6.42 Å². The minimum atomic E-state index is -1.05. The molecular formula is C15H13N3O3S. The number of amides is 1. The van der Waals surface area contributed by atoms with Gasteiger partial charge in [0, 0.05) is 16.9 Å². The molecule has 1 aromatic carbocycles. The van der Waals surface area contributed by atoms with E-state index in [0.29, 0.717) is 5.56 Å². The Bertz CT molecular complexity index is 810. The summed E-state index contributed by atoms with van der Waals surface area (Å²) in [6, 6.07) is 7.75. The van der Waals surface area contributed by atoms with Crippen molar-refractivity contribution in [3.05, 3.63) is 52.5 Å². The molecule has 0 bridgehead atoms. The summed E-state index contributed by atoms with van der Waals surface area (Å²) in [6.45, 7) is 0. The quantitative estimate of drug-likeness (QED) is 0.671. The topological polar surface area (TPSA) is 95.1 Å². The molecule has 6 nitrogen and oxygen atoms in total. The van der Waals surface area contributed by atoms with Crippen LogP contribution in [0.3, 0.4) is 0 Å². The van der Waals surface area contributed by atoms with Crippen LogP contribution in [0.5, 0.6) is 0 Å². The van der Waals surface area contributed by atoms with Crippen molar-refractivity contribution in [2.24, 2.45) is 0 Å². The van der Waals surface area contributed by atoms with Gasteiger partial charge in [-0.2, -0.15) is 0 Å². The highest BCUT2D eigenvalue weighted by molar-refractivity contribution is 7.09. The third kappa shape index (κ3) is 2.99. The SMILES string of the molecule is O=C(NC(Cc1cccs1)C(=O)O)c1ccc2nc[nH]c2c1. The van der Waals surface area contributed by atoms with Gasteiger partial charge in [-0.25, -0.2) is 9.78 Å². The second-order valence-corrected chi connectivity index (χ2v) is 5.81. The Hall–Kier alpha value is -2.67. The van der Waals surface area contributed by atoms with E-state index in [1.54, 1.807) is 24.5 Å². The number of imidazole rings is 1. The van der Waals surface area contributed by atoms with Crippen molar-refractivity contribution in [1.82, 2.24) is 15.3 Å². The molecule has 1 atom stereocenters. The molecule has 1 unspecified atom stereocenters. The number of aliphatic carboxylic acids is 1. The highest BCUT2D eigenvalue weighted by Gasteiger charge is 2.21. The number of carboxylic acids is 1. The molecule has 2 heterocycles. The number of fused-ring (bicyclic) bond motifs is 1. The van der Waals surface area contributed by atoms with E-state index in [0.717, 1.165) is 15.9 Å². The maximum Gasteiger partial charge on any atom is 0.326 e. The molecule has 0 spiro atoms. The minimum Gasteiger partial charge on any atom is -0.480 e. The first-order chi connectivity index (χ1) is 10.6. The number of nitrogens with one attached hydrogen (secondary N) is 2. The summed E-state index contributed by atoms with van der Waals surface area (Å²) >= 11 is 1.47. The number of nitrogens with zero attached hydrogens (tertiary/aromatic N) is 1. The Morgan fingerprint density at radius 3 is 2.95 bits per heavy atom. The number of H-pyrrole nitrogens is 1. The van der Waals surface area contributed by atoms with Gasteiger partial charge >= 0.3 is 5.97 Å². The summed E-state index contributed by atoms with van der Waals surface area (Å²) in [5.41, 5.74) is 1.89. The van der Waals surface area contributed by atoms with Gasteiger partial charge in [0.25, 0.3) is 5.91 Å². The number of carbonyl (C=O) groups is 2. The zero-order chi connectivity index (χ0) is 15.5. The third-order valence-electron chi connectivity index (χ3n) is 3.27. The van der Waals surface area contributed by atoms with Crippen molar-refractivity contribution < 1.29 is 14.7 Å². The maximum absolute atomic E-state index is 12.2. The minimum absolute atomic E-state index is 0.269. The number of aromatic amines is 1. The van der Waals surface area contributed by atoms with E-state index < -0.39 is 17.9 Å². The third-order valence-corrected chi connectivity index (χ3v) is 4.17. The van der Waals surface area contributed by atoms with Crippen LogP contribution in [0.15, 0.2) is 42.0 Å². The Morgan fingerprint density at radius 1 is 1.36 bits per heavy atom. The molecule has 0 aliphatic carbocycles. The van der Waals surface area contributed by atoms with Crippen LogP contribution in [-0.4, -0.2) is 33.0 Å². The lowest BCUT2D eigenvalue weighted by Gasteiger charge is -2.13. The highest BCUT2D eigenvalue weighted by Crippen LogP contribution is 2.14. The molecule has 0 radical (unpaired) electrons. The van der Waals surface area contributed by atoms with Crippen LogP contribution < -0.4 is 5.32 Å². The molecule has 3 aromatic rings. The van der Waals surface area contributed by atoms with Gasteiger partial charge in [-0.1, -0.05) is 6.07 Å². The van der Waals surface area contributed by atoms with Gasteiger partial charge in [0.1, 0.15) is 6.04 Å². The number of aromatic nitrogens is 2. The fourth-order valence-electron chi connectivity index (χ4n) is 2.15. The fourth-order valence-corrected chi connectivity index (χ4v) is 2.90. The highest BCUT2D eigenvalue weighted by atomic mass is 32.1. The van der Waals surface area contributed by atoms with Crippen LogP contribution in [0.4, 0.5) is 0 Å². The monoisotopic (exact) mass is 315 g/mol. The van der Waals surface area contributed by atoms with Crippen LogP contribution in [0.25, 0.3) is 11.0 Å². The van der Waals surface area contributed by atoms with E-state index in [2.05, 4.69) is 15.3 Å². The normalized spacial score (nSPS) is 12.2. The zero-order valence-corrected chi connectivity index (χ0v) is 12.3. The fraction of sp³-hybridized carbons (Fsp3) is 0.133. The van der Waals surface area contributed by atoms with Crippen molar-refractivity contribution in [3.63, 3.8) is 0 Å². The number of carboxylic acid groups (broad SMARTS) is 1. The van der Waals surface area contributed by atoms with Crippen molar-refractivity contribution in [3.8, 4) is 0 Å². The second kappa shape index (κ2) is 5.98. The standard InChI is InChI=1S/C15H13N3O3S/c19-14(9-3-4-11-12(6-9)17-8-16-11)18-13(15(20)21)7-10-2-1-5-22-10/h1-6,8,13H,7H2,(H,16,17)(H,18,19)(H,20,21). The number of carbonyl (C=O) groups excluding carboxylic acids is 1. The molecular weight excluding hydrogens is 302 g/mol. The molecule has 2 aromatic heterocycles. The Morgan fingerprint density at radius 2 is 2.23 bits per heavy atom. The molecule has 0 saturated carbocycles. The summed E-state index contributed by atoms with van der Waals surface area (Å²) in [7, 11) is 0. The molecule has 0 aliphatic rings. The second-order valence-electron chi connectivity index (χ2n) is 4.78. The summed E-state index contributed by atoms with van der Waals surface area (Å²) in [5.74, 6) is -1.47. The van der Waals surface area contributed by atoms with Gasteiger partial charge in [-0.05, 0) is 29.6 Å². The first kappa shape index (κ1) is 14.3. The number of thiophene rings is 1. The van der Waals surface area contributed by atoms with Crippen LogP contribution >= 0.6 is 11.3 Å². The number of hydrogen-bond acceptors (Lipinski definition) is 4. The molecule has 3 rings (SSSR count). The van der Waals surface area contributed by atoms with Crippen LogP contribution in [-0.2, 0) is 11.2 Å². The average molecular weight is 315 g/mol. The Labute approximate surface area is 129 Å². The molecule has 3 N–H and O–H groups in total. The van der Waals surface area contributed by atoms with Gasteiger partial charge in [0.15, 0.2) is 0 Å². The van der Waals surface area contributed by atoms with Crippen molar-refractivity contribution in [2.45, 2.75) is 12.5 Å². The Kier molecular flexibility index (Phi) is 3.88. The predicted molar refractivity (Wildman–Crippen MR) is 83.0 cm³/mol.